The number of aromatic nitrogens is 1. The molecule has 0 atom stereocenters. The van der Waals surface area contributed by atoms with E-state index in [0.717, 1.165) is 12.4 Å². The number of fused-ring (bicyclic) bond motifs is 1. The number of halogens is 20. The molecule has 23 heteroatoms. The molecule has 0 spiro atoms. The minimum absolute atomic E-state index is 0.364. The van der Waals surface area contributed by atoms with E-state index >= 15 is 35.1 Å². The fraction of sp³-hybridized carbons (Fsp3) is 0.133. The quantitative estimate of drug-likeness (QED) is 0.0486. The number of ether oxygens (including phenoxy) is 1. The third-order valence-electron chi connectivity index (χ3n) is 11.4. The van der Waals surface area contributed by atoms with E-state index in [1.54, 1.807) is 0 Å². The van der Waals surface area contributed by atoms with Gasteiger partial charge in [-0.15, -0.1) is 21.9 Å². The fourth-order valence-corrected chi connectivity index (χ4v) is 8.30. The van der Waals surface area contributed by atoms with Gasteiger partial charge in [0.05, 0.1) is 5.39 Å². The van der Waals surface area contributed by atoms with E-state index < -0.39 is 144 Å². The van der Waals surface area contributed by atoms with Crippen molar-refractivity contribution in [3.05, 3.63) is 189 Å². The number of rotatable bonds is 8. The predicted molar refractivity (Wildman–Crippen MR) is 202 cm³/mol. The molecule has 0 unspecified atom stereocenters. The minimum Gasteiger partial charge on any atom is -0.441 e. The topological polar surface area (TPSA) is 13.1 Å². The minimum atomic E-state index is -7.22. The van der Waals surface area contributed by atoms with Crippen molar-refractivity contribution in [3.8, 4) is 5.88 Å². The summed E-state index contributed by atoms with van der Waals surface area (Å²) in [5.41, 5.74) is -13.0. The summed E-state index contributed by atoms with van der Waals surface area (Å²) in [6.07, 6.45) is 0.221. The molecule has 0 N–H and O–H groups in total. The molecule has 1 heterocycles. The van der Waals surface area contributed by atoms with Crippen LogP contribution in [0.1, 0.15) is 31.2 Å². The lowest BCUT2D eigenvalue weighted by Crippen LogP contribution is -2.81. The number of benzene rings is 6. The summed E-state index contributed by atoms with van der Waals surface area (Å²) >= 11 is 0. The summed E-state index contributed by atoms with van der Waals surface area (Å²) in [7, 11) is 0. The number of hydrogen-bond donors (Lipinski definition) is 0. The van der Waals surface area contributed by atoms with Crippen LogP contribution in [0.3, 0.4) is 0 Å². The van der Waals surface area contributed by atoms with Crippen molar-refractivity contribution in [2.45, 2.75) is 38.3 Å². The summed E-state index contributed by atoms with van der Waals surface area (Å²) in [5, 5.41) is 2.45. The van der Waals surface area contributed by atoms with E-state index in [-0.39, 0.29) is 0 Å². The van der Waals surface area contributed by atoms with Crippen LogP contribution in [-0.2, 0) is 6.54 Å². The lowest BCUT2D eigenvalue weighted by atomic mass is 9.12. The van der Waals surface area contributed by atoms with Crippen molar-refractivity contribution in [1.82, 2.24) is 0 Å². The average molecular weight is 983 g/mol. The smallest absolute Gasteiger partial charge is 0.376 e. The van der Waals surface area contributed by atoms with Crippen LogP contribution in [0.2, 0.25) is 0 Å². The standard InChI is InChI=1S/C24BF20.C21H22NO/c26-5-1(6(27)14(35)21(42)13(5)34)25(2-7(28)15(36)22(43)16(37)8(2)29,3-9(30)17(38)23(44)18(39)10(3)31)4-11(32)19(40)24(45)20(41)12(4)33;1-2-8-17(9-3-1)16-22-15-14-18-10-4-7-13-20(18)21(22)23-19-11-5-6-12-19/h;1-4,7-10,13-15,19H,5-6,11-12,16H2/q-1;+1. The fourth-order valence-electron chi connectivity index (χ4n) is 8.30. The summed E-state index contributed by atoms with van der Waals surface area (Å²) in [4.78, 5) is 0. The van der Waals surface area contributed by atoms with Crippen molar-refractivity contribution in [3.63, 3.8) is 0 Å². The van der Waals surface area contributed by atoms with E-state index in [2.05, 4.69) is 71.4 Å². The van der Waals surface area contributed by atoms with Gasteiger partial charge in [0.25, 0.3) is 0 Å². The molecule has 6 aromatic carbocycles. The van der Waals surface area contributed by atoms with Gasteiger partial charge in [0.15, 0.2) is 82.5 Å². The summed E-state index contributed by atoms with van der Waals surface area (Å²) in [5.74, 6) is -70.4. The van der Waals surface area contributed by atoms with Crippen LogP contribution in [-0.4, -0.2) is 12.2 Å². The van der Waals surface area contributed by atoms with Gasteiger partial charge in [0, 0.05) is 11.6 Å². The first-order chi connectivity index (χ1) is 32.1. The Hall–Kier alpha value is -6.81. The molecule has 0 aliphatic heterocycles. The van der Waals surface area contributed by atoms with Crippen LogP contribution in [0.15, 0.2) is 66.9 Å². The lowest BCUT2D eigenvalue weighted by molar-refractivity contribution is -0.692. The van der Waals surface area contributed by atoms with Gasteiger partial charge < -0.3 is 4.74 Å². The molecule has 1 saturated carbocycles. The molecule has 0 bridgehead atoms. The molecule has 1 aliphatic carbocycles. The van der Waals surface area contributed by atoms with Gasteiger partial charge in [-0.2, -0.15) is 4.57 Å². The van der Waals surface area contributed by atoms with Crippen molar-refractivity contribution >= 4 is 38.8 Å². The second-order valence-corrected chi connectivity index (χ2v) is 15.1. The molecule has 0 radical (unpaired) electrons. The summed E-state index contributed by atoms with van der Waals surface area (Å²) < 4.78 is 303. The zero-order chi connectivity index (χ0) is 49.8. The van der Waals surface area contributed by atoms with E-state index in [1.807, 2.05) is 0 Å². The van der Waals surface area contributed by atoms with Crippen molar-refractivity contribution < 1.29 is 97.1 Å². The molecular formula is C45H22BF20NO. The van der Waals surface area contributed by atoms with Crippen LogP contribution in [0.4, 0.5) is 87.8 Å². The van der Waals surface area contributed by atoms with Gasteiger partial charge in [0.1, 0.15) is 58.8 Å². The van der Waals surface area contributed by atoms with Crippen LogP contribution in [0.25, 0.3) is 10.8 Å². The molecule has 68 heavy (non-hydrogen) atoms. The van der Waals surface area contributed by atoms with Gasteiger partial charge in [-0.05, 0) is 37.1 Å². The SMILES string of the molecule is Fc1c(F)c(F)c([B-](c2c(F)c(F)c(F)c(F)c2F)(c2c(F)c(F)c(F)c(F)c2F)c2c(F)c(F)c(F)c(F)c2F)c(F)c1F.c1ccc(C[n+]2ccc3ccccc3c2OC2CCCC2)cc1. The molecule has 2 nitrogen and oxygen atoms in total. The molecule has 8 rings (SSSR count). The van der Waals surface area contributed by atoms with Crippen LogP contribution in [0.5, 0.6) is 5.88 Å². The monoisotopic (exact) mass is 983 g/mol. The second kappa shape index (κ2) is 18.7. The van der Waals surface area contributed by atoms with Crippen molar-refractivity contribution in [2.75, 3.05) is 0 Å². The maximum absolute atomic E-state index is 15.4. The lowest BCUT2D eigenvalue weighted by Gasteiger charge is -2.44. The first-order valence-electron chi connectivity index (χ1n) is 19.5. The molecule has 0 saturated heterocycles. The van der Waals surface area contributed by atoms with Crippen LogP contribution >= 0.6 is 0 Å². The summed E-state index contributed by atoms with van der Waals surface area (Å²) in [6, 6.07) is 21.3. The number of nitrogens with zero attached hydrogens (tertiary/aromatic N) is 1. The van der Waals surface area contributed by atoms with Gasteiger partial charge >= 0.3 is 5.88 Å². The normalized spacial score (nSPS) is 13.1. The Morgan fingerprint density at radius 2 is 0.691 bits per heavy atom. The zero-order valence-electron chi connectivity index (χ0n) is 33.5. The first-order valence-corrected chi connectivity index (χ1v) is 19.5. The van der Waals surface area contributed by atoms with Crippen LogP contribution in [0, 0.1) is 116 Å². The Labute approximate surface area is 368 Å². The third-order valence-corrected chi connectivity index (χ3v) is 11.4. The maximum Gasteiger partial charge on any atom is 0.376 e. The van der Waals surface area contributed by atoms with Gasteiger partial charge in [-0.1, -0.05) is 48.5 Å². The molecule has 356 valence electrons. The van der Waals surface area contributed by atoms with E-state index in [9.17, 15) is 52.7 Å². The Kier molecular flexibility index (Phi) is 13.5. The zero-order valence-corrected chi connectivity index (χ0v) is 33.5. The molecule has 0 amide bonds. The average Bonchev–Trinajstić information content (AvgIpc) is 3.86. The highest BCUT2D eigenvalue weighted by Crippen LogP contribution is 2.32. The first kappa shape index (κ1) is 49.1. The van der Waals surface area contributed by atoms with Gasteiger partial charge in [0.2, 0.25) is 0 Å². The largest absolute Gasteiger partial charge is 0.441 e. The highest BCUT2D eigenvalue weighted by Gasteiger charge is 2.52. The van der Waals surface area contributed by atoms with Crippen LogP contribution < -0.4 is 31.2 Å². The van der Waals surface area contributed by atoms with E-state index in [1.165, 1.54) is 42.0 Å². The Bertz CT molecular complexity index is 2760. The van der Waals surface area contributed by atoms with Crippen molar-refractivity contribution in [2.24, 2.45) is 0 Å². The second-order valence-electron chi connectivity index (χ2n) is 15.1. The number of pyridine rings is 1. The van der Waals surface area contributed by atoms with E-state index in [0.29, 0.717) is 6.10 Å². The van der Waals surface area contributed by atoms with Gasteiger partial charge in [-0.25, -0.2) is 87.8 Å². The molecule has 1 aliphatic rings. The summed E-state index contributed by atoms with van der Waals surface area (Å²) in [6.45, 7) is 0.841. The van der Waals surface area contributed by atoms with Crippen molar-refractivity contribution in [1.29, 1.82) is 0 Å². The Balaban J connectivity index is 0.000000246. The molecular weight excluding hydrogens is 961 g/mol. The van der Waals surface area contributed by atoms with E-state index in [4.69, 9.17) is 4.74 Å². The highest BCUT2D eigenvalue weighted by molar-refractivity contribution is 7.20. The number of hydrogen-bond acceptors (Lipinski definition) is 1. The Morgan fingerprint density at radius 3 is 1.04 bits per heavy atom. The molecule has 1 fully saturated rings. The molecule has 1 aromatic heterocycles. The Morgan fingerprint density at radius 1 is 0.382 bits per heavy atom. The predicted octanol–water partition coefficient (Wildman–Crippen LogP) is 10.3. The van der Waals surface area contributed by atoms with Gasteiger partial charge in [-0.3, -0.25) is 0 Å². The molecule has 7 aromatic rings. The maximum atomic E-state index is 15.4. The third kappa shape index (κ3) is 7.81. The highest BCUT2D eigenvalue weighted by atomic mass is 19.2.